The van der Waals surface area contributed by atoms with E-state index in [1.165, 1.54) is 12.1 Å². The van der Waals surface area contributed by atoms with Gasteiger partial charge in [0.15, 0.2) is 5.69 Å². The number of nitro groups is 1. The van der Waals surface area contributed by atoms with Crippen molar-refractivity contribution in [2.24, 2.45) is 10.3 Å². The lowest BCUT2D eigenvalue weighted by Crippen LogP contribution is -2.51. The first-order chi connectivity index (χ1) is 11.2. The normalized spacial score (nSPS) is 17.2. The Morgan fingerprint density at radius 2 is 1.65 bits per heavy atom. The van der Waals surface area contributed by atoms with Crippen LogP contribution in [0.4, 0.5) is 17.1 Å². The van der Waals surface area contributed by atoms with E-state index in [0.717, 1.165) is 5.69 Å². The van der Waals surface area contributed by atoms with E-state index in [1.54, 1.807) is 12.1 Å². The summed E-state index contributed by atoms with van der Waals surface area (Å²) in [7, 11) is 0. The van der Waals surface area contributed by atoms with E-state index in [0.29, 0.717) is 36.6 Å². The average molecular weight is 313 g/mol. The van der Waals surface area contributed by atoms with Gasteiger partial charge in [-0.05, 0) is 12.1 Å². The number of hydrogen-bond acceptors (Lipinski definition) is 5. The zero-order valence-electron chi connectivity index (χ0n) is 12.5. The van der Waals surface area contributed by atoms with Crippen molar-refractivity contribution in [3.63, 3.8) is 0 Å². The summed E-state index contributed by atoms with van der Waals surface area (Å²) in [6, 6.07) is 16.0. The molecule has 0 N–H and O–H groups in total. The lowest BCUT2D eigenvalue weighted by atomic mass is 10.2. The molecule has 2 aromatic rings. The van der Waals surface area contributed by atoms with Gasteiger partial charge in [0.25, 0.3) is 5.69 Å². The summed E-state index contributed by atoms with van der Waals surface area (Å²) in [5, 5.41) is 19.5. The summed E-state index contributed by atoms with van der Waals surface area (Å²) in [6.07, 6.45) is 0. The fraction of sp³-hybridized carbons (Fsp3) is 0.250. The van der Waals surface area contributed by atoms with Crippen molar-refractivity contribution in [1.29, 1.82) is 0 Å². The number of rotatable bonds is 4. The first-order valence-electron chi connectivity index (χ1n) is 7.38. The maximum Gasteiger partial charge on any atom is 0.269 e. The molecule has 0 bridgehead atoms. The quantitative estimate of drug-likeness (QED) is 0.374. The molecule has 1 saturated heterocycles. The molecular weight excluding hydrogens is 296 g/mol. The largest absolute Gasteiger partial charge is 0.370 e. The van der Waals surface area contributed by atoms with Crippen molar-refractivity contribution < 1.29 is 9.66 Å². The highest BCUT2D eigenvalue weighted by molar-refractivity contribution is 5.45. The molecule has 0 radical (unpaired) electrons. The number of benzene rings is 2. The fourth-order valence-corrected chi connectivity index (χ4v) is 2.53. The van der Waals surface area contributed by atoms with Crippen LogP contribution in [0.15, 0.2) is 64.9 Å². The average Bonchev–Trinajstić information content (AvgIpc) is 2.62. The van der Waals surface area contributed by atoms with Gasteiger partial charge in [-0.25, -0.2) is 0 Å². The van der Waals surface area contributed by atoms with E-state index in [2.05, 4.69) is 10.3 Å². The minimum Gasteiger partial charge on any atom is -0.370 e. The second-order valence-corrected chi connectivity index (χ2v) is 5.28. The van der Waals surface area contributed by atoms with Crippen molar-refractivity contribution in [3.8, 4) is 0 Å². The van der Waals surface area contributed by atoms with Gasteiger partial charge < -0.3 is 4.74 Å². The summed E-state index contributed by atoms with van der Waals surface area (Å²) in [6.45, 7) is 2.66. The van der Waals surface area contributed by atoms with Gasteiger partial charge in [0.2, 0.25) is 0 Å². The van der Waals surface area contributed by atoms with Gasteiger partial charge in [-0.3, -0.25) is 10.1 Å². The Bertz CT molecular complexity index is 695. The summed E-state index contributed by atoms with van der Waals surface area (Å²) in [4.78, 5) is 10.3. The first kappa shape index (κ1) is 15.3. The van der Waals surface area contributed by atoms with E-state index in [4.69, 9.17) is 4.74 Å². The lowest BCUT2D eigenvalue weighted by Gasteiger charge is -2.33. The van der Waals surface area contributed by atoms with Crippen molar-refractivity contribution in [1.82, 2.24) is 4.59 Å². The monoisotopic (exact) mass is 313 g/mol. The number of ether oxygens (including phenoxy) is 1. The van der Waals surface area contributed by atoms with Gasteiger partial charge in [-0.1, -0.05) is 18.2 Å². The van der Waals surface area contributed by atoms with Crippen LogP contribution in [-0.2, 0) is 4.74 Å². The van der Waals surface area contributed by atoms with Crippen LogP contribution in [-0.4, -0.2) is 31.2 Å². The Hall–Kier alpha value is -2.64. The summed E-state index contributed by atoms with van der Waals surface area (Å²) < 4.78 is 5.82. The van der Waals surface area contributed by atoms with Crippen molar-refractivity contribution >= 4 is 17.1 Å². The highest BCUT2D eigenvalue weighted by Gasteiger charge is 2.34. The minimum atomic E-state index is -0.430. The molecule has 118 valence electrons. The standard InChI is InChI=1S/C16H17N4O3/c21-19(22)15-8-6-14(7-9-15)17-18-20(10-12-23-13-11-20)16-4-2-1-3-5-16/h1-9H,10-13H2/q+1. The minimum absolute atomic E-state index is 0.0438. The fourth-order valence-electron chi connectivity index (χ4n) is 2.53. The highest BCUT2D eigenvalue weighted by atomic mass is 16.6. The molecule has 1 aliphatic heterocycles. The molecule has 1 fully saturated rings. The second-order valence-electron chi connectivity index (χ2n) is 5.28. The molecule has 0 aliphatic carbocycles. The molecule has 1 aliphatic rings. The SMILES string of the molecule is O=[N+]([O-])c1ccc(N=N[N+]2(c3ccccc3)CCOCC2)cc1. The Morgan fingerprint density at radius 3 is 2.26 bits per heavy atom. The molecule has 2 aromatic carbocycles. The molecule has 3 rings (SSSR count). The number of morpholine rings is 1. The molecule has 7 heteroatoms. The van der Waals surface area contributed by atoms with E-state index in [9.17, 15) is 10.1 Å². The van der Waals surface area contributed by atoms with E-state index >= 15 is 0 Å². The van der Waals surface area contributed by atoms with Crippen LogP contribution in [0.3, 0.4) is 0 Å². The van der Waals surface area contributed by atoms with Gasteiger partial charge >= 0.3 is 0 Å². The third kappa shape index (κ3) is 3.41. The molecule has 0 spiro atoms. The summed E-state index contributed by atoms with van der Waals surface area (Å²) >= 11 is 0. The Balaban J connectivity index is 1.88. The third-order valence-electron chi connectivity index (χ3n) is 3.84. The summed E-state index contributed by atoms with van der Waals surface area (Å²) in [5.41, 5.74) is 1.69. The lowest BCUT2D eigenvalue weighted by molar-refractivity contribution is -0.384. The van der Waals surface area contributed by atoms with E-state index in [-0.39, 0.29) is 5.69 Å². The van der Waals surface area contributed by atoms with Gasteiger partial charge in [-0.15, -0.1) is 9.71 Å². The van der Waals surface area contributed by atoms with Gasteiger partial charge in [-0.2, -0.15) is 0 Å². The van der Waals surface area contributed by atoms with E-state index < -0.39 is 4.92 Å². The zero-order valence-corrected chi connectivity index (χ0v) is 12.5. The number of hydrogen-bond donors (Lipinski definition) is 0. The van der Waals surface area contributed by atoms with Gasteiger partial charge in [0, 0.05) is 29.5 Å². The van der Waals surface area contributed by atoms with Gasteiger partial charge in [0.1, 0.15) is 13.1 Å². The number of para-hydroxylation sites is 1. The topological polar surface area (TPSA) is 77.1 Å². The van der Waals surface area contributed by atoms with Crippen LogP contribution in [0.1, 0.15) is 0 Å². The highest BCUT2D eigenvalue weighted by Crippen LogP contribution is 2.27. The Kier molecular flexibility index (Phi) is 4.40. The molecule has 7 nitrogen and oxygen atoms in total. The van der Waals surface area contributed by atoms with Crippen molar-refractivity contribution in [3.05, 3.63) is 64.7 Å². The van der Waals surface area contributed by atoms with Crippen molar-refractivity contribution in [2.45, 2.75) is 0 Å². The molecule has 0 aromatic heterocycles. The zero-order chi connectivity index (χ0) is 16.1. The Labute approximate surface area is 133 Å². The third-order valence-corrected chi connectivity index (χ3v) is 3.84. The second kappa shape index (κ2) is 6.64. The van der Waals surface area contributed by atoms with Crippen LogP contribution < -0.4 is 4.59 Å². The molecule has 0 amide bonds. The number of non-ortho nitro benzene ring substituents is 1. The van der Waals surface area contributed by atoms with E-state index in [1.807, 2.05) is 30.3 Å². The smallest absolute Gasteiger partial charge is 0.269 e. The predicted molar refractivity (Wildman–Crippen MR) is 86.4 cm³/mol. The number of nitro benzene ring substituents is 1. The summed E-state index contributed by atoms with van der Waals surface area (Å²) in [5.74, 6) is 0. The number of nitrogens with zero attached hydrogens (tertiary/aromatic N) is 4. The van der Waals surface area contributed by atoms with Crippen molar-refractivity contribution in [2.75, 3.05) is 26.3 Å². The van der Waals surface area contributed by atoms with Crippen LogP contribution in [0.25, 0.3) is 0 Å². The van der Waals surface area contributed by atoms with Crippen LogP contribution >= 0.6 is 0 Å². The van der Waals surface area contributed by atoms with Gasteiger partial charge in [0.05, 0.1) is 23.8 Å². The molecule has 23 heavy (non-hydrogen) atoms. The maximum atomic E-state index is 10.7. The molecule has 1 heterocycles. The maximum absolute atomic E-state index is 10.7. The van der Waals surface area contributed by atoms with Crippen LogP contribution in [0.2, 0.25) is 0 Å². The molecular formula is C16H17N4O3+. The molecule has 0 saturated carbocycles. The number of quaternary nitrogens is 1. The molecule has 0 unspecified atom stereocenters. The Morgan fingerprint density at radius 1 is 1.00 bits per heavy atom. The first-order valence-corrected chi connectivity index (χ1v) is 7.38. The molecule has 0 atom stereocenters. The van der Waals surface area contributed by atoms with Crippen LogP contribution in [0, 0.1) is 10.1 Å². The predicted octanol–water partition coefficient (Wildman–Crippen LogP) is 3.63. The van der Waals surface area contributed by atoms with Crippen LogP contribution in [0.5, 0.6) is 0 Å².